The zero-order valence-electron chi connectivity index (χ0n) is 11.3. The Morgan fingerprint density at radius 1 is 1.47 bits per heavy atom. The number of rotatable bonds is 6. The lowest BCUT2D eigenvalue weighted by molar-refractivity contribution is 0.107. The third kappa shape index (κ3) is 3.56. The molecule has 7 heteroatoms. The summed E-state index contributed by atoms with van der Waals surface area (Å²) >= 11 is 0. The molecule has 19 heavy (non-hydrogen) atoms. The molecule has 0 aromatic carbocycles. The average Bonchev–Trinajstić information content (AvgIpc) is 2.98. The van der Waals surface area contributed by atoms with Crippen LogP contribution >= 0.6 is 0 Å². The van der Waals surface area contributed by atoms with E-state index >= 15 is 0 Å². The summed E-state index contributed by atoms with van der Waals surface area (Å²) in [5, 5.41) is 2.97. The first-order chi connectivity index (χ1) is 9.05. The second-order valence-electron chi connectivity index (χ2n) is 4.88. The van der Waals surface area contributed by atoms with E-state index in [-0.39, 0.29) is 12.1 Å². The summed E-state index contributed by atoms with van der Waals surface area (Å²) in [5.41, 5.74) is 0.851. The van der Waals surface area contributed by atoms with Gasteiger partial charge >= 0.3 is 0 Å². The predicted octanol–water partition coefficient (Wildman–Crippen LogP) is 0.580. The molecule has 1 aliphatic rings. The molecule has 2 unspecified atom stereocenters. The van der Waals surface area contributed by atoms with E-state index in [9.17, 15) is 8.42 Å². The maximum Gasteiger partial charge on any atom is 0.242 e. The summed E-state index contributed by atoms with van der Waals surface area (Å²) in [6.45, 7) is 0.616. The fourth-order valence-corrected chi connectivity index (χ4v) is 3.72. The molecule has 0 saturated heterocycles. The Morgan fingerprint density at radius 2 is 2.26 bits per heavy atom. The molecule has 0 radical (unpaired) electrons. The molecule has 0 aliphatic heterocycles. The normalized spacial score (nSPS) is 23.9. The SMILES string of the molecule is CNCc1cc(S(=O)(=O)NC2CCC(OC)C2)c[nH]1. The minimum absolute atomic E-state index is 0.0300. The summed E-state index contributed by atoms with van der Waals surface area (Å²) in [6, 6.07) is 1.62. The van der Waals surface area contributed by atoms with Gasteiger partial charge in [-0.15, -0.1) is 0 Å². The first-order valence-corrected chi connectivity index (χ1v) is 7.90. The Kier molecular flexibility index (Phi) is 4.62. The van der Waals surface area contributed by atoms with E-state index in [4.69, 9.17) is 4.74 Å². The summed E-state index contributed by atoms with van der Waals surface area (Å²) in [6.07, 6.45) is 4.16. The first-order valence-electron chi connectivity index (χ1n) is 6.42. The lowest BCUT2D eigenvalue weighted by atomic mass is 10.3. The lowest BCUT2D eigenvalue weighted by Crippen LogP contribution is -2.33. The molecule has 0 bridgehead atoms. The fraction of sp³-hybridized carbons (Fsp3) is 0.667. The molecular weight excluding hydrogens is 266 g/mol. The molecule has 1 aromatic rings. The van der Waals surface area contributed by atoms with E-state index in [0.29, 0.717) is 11.4 Å². The Hall–Kier alpha value is -0.890. The summed E-state index contributed by atoms with van der Waals surface area (Å²) in [7, 11) is 0.0432. The van der Waals surface area contributed by atoms with Crippen molar-refractivity contribution in [3.05, 3.63) is 18.0 Å². The van der Waals surface area contributed by atoms with Crippen LogP contribution < -0.4 is 10.0 Å². The van der Waals surface area contributed by atoms with Crippen molar-refractivity contribution in [3.8, 4) is 0 Å². The zero-order chi connectivity index (χ0) is 13.9. The van der Waals surface area contributed by atoms with Gasteiger partial charge in [-0.2, -0.15) is 0 Å². The van der Waals surface area contributed by atoms with Crippen LogP contribution in [0.5, 0.6) is 0 Å². The minimum Gasteiger partial charge on any atom is -0.381 e. The number of ether oxygens (including phenoxy) is 1. The standard InChI is InChI=1S/C12H21N3O3S/c1-13-7-10-6-12(8-14-10)19(16,17)15-9-3-4-11(5-9)18-2/h6,8-9,11,13-15H,3-5,7H2,1-2H3. The van der Waals surface area contributed by atoms with Gasteiger partial charge in [-0.3, -0.25) is 0 Å². The molecular formula is C12H21N3O3S. The fourth-order valence-electron chi connectivity index (χ4n) is 2.42. The van der Waals surface area contributed by atoms with Crippen LogP contribution in [0.2, 0.25) is 0 Å². The molecule has 0 amide bonds. The molecule has 2 atom stereocenters. The second kappa shape index (κ2) is 6.04. The van der Waals surface area contributed by atoms with Crippen LogP contribution in [0, 0.1) is 0 Å². The zero-order valence-corrected chi connectivity index (χ0v) is 12.1. The number of nitrogens with one attached hydrogen (secondary N) is 3. The van der Waals surface area contributed by atoms with Crippen molar-refractivity contribution in [2.24, 2.45) is 0 Å². The van der Waals surface area contributed by atoms with Gasteiger partial charge in [0.2, 0.25) is 10.0 Å². The molecule has 3 N–H and O–H groups in total. The molecule has 0 spiro atoms. The van der Waals surface area contributed by atoms with Gasteiger partial charge in [-0.25, -0.2) is 13.1 Å². The topological polar surface area (TPSA) is 83.2 Å². The Labute approximate surface area is 114 Å². The molecule has 1 heterocycles. The number of aromatic nitrogens is 1. The highest BCUT2D eigenvalue weighted by molar-refractivity contribution is 7.89. The van der Waals surface area contributed by atoms with E-state index in [2.05, 4.69) is 15.0 Å². The second-order valence-corrected chi connectivity index (χ2v) is 6.59. The van der Waals surface area contributed by atoms with Gasteiger partial charge in [0, 0.05) is 31.6 Å². The number of aromatic amines is 1. The van der Waals surface area contributed by atoms with Crippen LogP contribution in [0.25, 0.3) is 0 Å². The molecule has 2 rings (SSSR count). The molecule has 1 saturated carbocycles. The monoisotopic (exact) mass is 287 g/mol. The van der Waals surface area contributed by atoms with E-state index in [1.165, 1.54) is 6.20 Å². The van der Waals surface area contributed by atoms with E-state index in [1.54, 1.807) is 13.2 Å². The predicted molar refractivity (Wildman–Crippen MR) is 72.3 cm³/mol. The van der Waals surface area contributed by atoms with E-state index in [0.717, 1.165) is 25.0 Å². The molecule has 108 valence electrons. The smallest absolute Gasteiger partial charge is 0.242 e. The van der Waals surface area contributed by atoms with Crippen LogP contribution in [-0.2, 0) is 21.3 Å². The maximum absolute atomic E-state index is 12.2. The Bertz CT molecular complexity index is 512. The van der Waals surface area contributed by atoms with Gasteiger partial charge < -0.3 is 15.0 Å². The highest BCUT2D eigenvalue weighted by Crippen LogP contribution is 2.23. The molecule has 1 fully saturated rings. The van der Waals surface area contributed by atoms with Crippen molar-refractivity contribution < 1.29 is 13.2 Å². The van der Waals surface area contributed by atoms with Crippen LogP contribution in [-0.4, -0.2) is 39.7 Å². The van der Waals surface area contributed by atoms with Crippen LogP contribution in [0.3, 0.4) is 0 Å². The lowest BCUT2D eigenvalue weighted by Gasteiger charge is -2.12. The van der Waals surface area contributed by atoms with Gasteiger partial charge in [0.25, 0.3) is 0 Å². The summed E-state index contributed by atoms with van der Waals surface area (Å²) < 4.78 is 32.4. The number of methoxy groups -OCH3 is 1. The van der Waals surface area contributed by atoms with E-state index < -0.39 is 10.0 Å². The van der Waals surface area contributed by atoms with Gasteiger partial charge in [-0.1, -0.05) is 0 Å². The van der Waals surface area contributed by atoms with Crippen molar-refractivity contribution in [1.29, 1.82) is 0 Å². The number of H-pyrrole nitrogens is 1. The first kappa shape index (κ1) is 14.5. The molecule has 1 aliphatic carbocycles. The van der Waals surface area contributed by atoms with Crippen molar-refractivity contribution >= 4 is 10.0 Å². The Balaban J connectivity index is 2.01. The van der Waals surface area contributed by atoms with Crippen LogP contribution in [0.15, 0.2) is 17.2 Å². The van der Waals surface area contributed by atoms with Crippen LogP contribution in [0.4, 0.5) is 0 Å². The van der Waals surface area contributed by atoms with Gasteiger partial charge in [0.05, 0.1) is 11.0 Å². The van der Waals surface area contributed by atoms with Crippen molar-refractivity contribution in [2.75, 3.05) is 14.2 Å². The van der Waals surface area contributed by atoms with Crippen molar-refractivity contribution in [1.82, 2.24) is 15.0 Å². The van der Waals surface area contributed by atoms with Gasteiger partial charge in [-0.05, 0) is 32.4 Å². The summed E-state index contributed by atoms with van der Waals surface area (Å²) in [5.74, 6) is 0. The Morgan fingerprint density at radius 3 is 2.89 bits per heavy atom. The van der Waals surface area contributed by atoms with Gasteiger partial charge in [0.15, 0.2) is 0 Å². The number of hydrogen-bond donors (Lipinski definition) is 3. The minimum atomic E-state index is -3.44. The maximum atomic E-state index is 12.2. The molecule has 1 aromatic heterocycles. The largest absolute Gasteiger partial charge is 0.381 e. The quantitative estimate of drug-likeness (QED) is 0.715. The van der Waals surface area contributed by atoms with E-state index in [1.807, 2.05) is 7.05 Å². The highest BCUT2D eigenvalue weighted by atomic mass is 32.2. The molecule has 6 nitrogen and oxygen atoms in total. The number of hydrogen-bond acceptors (Lipinski definition) is 4. The third-order valence-corrected chi connectivity index (χ3v) is 4.93. The van der Waals surface area contributed by atoms with Gasteiger partial charge in [0.1, 0.15) is 0 Å². The van der Waals surface area contributed by atoms with Crippen LogP contribution in [0.1, 0.15) is 25.0 Å². The average molecular weight is 287 g/mol. The van der Waals surface area contributed by atoms with Crippen molar-refractivity contribution in [3.63, 3.8) is 0 Å². The summed E-state index contributed by atoms with van der Waals surface area (Å²) in [4.78, 5) is 3.24. The van der Waals surface area contributed by atoms with Crippen molar-refractivity contribution in [2.45, 2.75) is 42.8 Å². The highest BCUT2D eigenvalue weighted by Gasteiger charge is 2.28. The number of sulfonamides is 1. The third-order valence-electron chi connectivity index (χ3n) is 3.43.